The van der Waals surface area contributed by atoms with Gasteiger partial charge in [-0.05, 0) is 73.8 Å². The van der Waals surface area contributed by atoms with Gasteiger partial charge in [0.15, 0.2) is 0 Å². The predicted molar refractivity (Wildman–Crippen MR) is 113 cm³/mol. The minimum atomic E-state index is -0.407. The third-order valence-corrected chi connectivity index (χ3v) is 4.78. The van der Waals surface area contributed by atoms with Crippen molar-refractivity contribution < 1.29 is 19.1 Å². The summed E-state index contributed by atoms with van der Waals surface area (Å²) in [6.07, 6.45) is 4.10. The molecule has 2 atom stereocenters. The Balaban J connectivity index is 0.000000212. The first-order valence-corrected chi connectivity index (χ1v) is 10.8. The van der Waals surface area contributed by atoms with Crippen molar-refractivity contribution in [3.63, 3.8) is 0 Å². The molecular weight excluding hydrogens is 372 g/mol. The summed E-state index contributed by atoms with van der Waals surface area (Å²) in [5, 5.41) is 8.93. The minimum Gasteiger partial charge on any atom is -0.444 e. The lowest BCUT2D eigenvalue weighted by Crippen LogP contribution is -2.40. The molecule has 3 N–H and O–H groups in total. The van der Waals surface area contributed by atoms with Crippen molar-refractivity contribution in [1.82, 2.24) is 20.9 Å². The van der Waals surface area contributed by atoms with Crippen molar-refractivity contribution >= 4 is 12.2 Å². The van der Waals surface area contributed by atoms with Crippen LogP contribution >= 0.6 is 0 Å². The van der Waals surface area contributed by atoms with E-state index in [1.807, 2.05) is 41.5 Å². The Kier molecular flexibility index (Phi) is 8.17. The number of amides is 2. The molecule has 0 radical (unpaired) electrons. The van der Waals surface area contributed by atoms with Gasteiger partial charge in [-0.15, -0.1) is 0 Å². The molecule has 8 nitrogen and oxygen atoms in total. The summed E-state index contributed by atoms with van der Waals surface area (Å²) in [5.74, 6) is 0. The van der Waals surface area contributed by atoms with Crippen LogP contribution in [0.1, 0.15) is 67.2 Å². The van der Waals surface area contributed by atoms with Gasteiger partial charge in [0, 0.05) is 37.8 Å². The summed E-state index contributed by atoms with van der Waals surface area (Å²) in [7, 11) is 0. The summed E-state index contributed by atoms with van der Waals surface area (Å²) >= 11 is 0. The van der Waals surface area contributed by atoms with Crippen LogP contribution in [0.15, 0.2) is 0 Å². The molecule has 3 aliphatic rings. The molecule has 1 aliphatic carbocycles. The molecule has 29 heavy (non-hydrogen) atoms. The predicted octanol–water partition coefficient (Wildman–Crippen LogP) is 2.62. The summed E-state index contributed by atoms with van der Waals surface area (Å²) in [6.45, 7) is 15.2. The normalized spacial score (nSPS) is 25.0. The van der Waals surface area contributed by atoms with Crippen molar-refractivity contribution in [2.75, 3.05) is 26.2 Å². The summed E-state index contributed by atoms with van der Waals surface area (Å²) in [5.41, 5.74) is -0.811. The maximum absolute atomic E-state index is 11.6. The van der Waals surface area contributed by atoms with E-state index >= 15 is 0 Å². The number of nitrogens with one attached hydrogen (secondary N) is 3. The maximum Gasteiger partial charge on any atom is 0.407 e. The molecule has 2 saturated heterocycles. The van der Waals surface area contributed by atoms with Gasteiger partial charge in [-0.1, -0.05) is 0 Å². The fourth-order valence-electron chi connectivity index (χ4n) is 3.40. The molecule has 0 bridgehead atoms. The fraction of sp³-hybridized carbons (Fsp3) is 0.905. The Bertz CT molecular complexity index is 546. The first-order valence-electron chi connectivity index (χ1n) is 10.8. The van der Waals surface area contributed by atoms with Gasteiger partial charge in [0.1, 0.15) is 11.2 Å². The molecule has 0 aromatic heterocycles. The zero-order valence-electron chi connectivity index (χ0n) is 19.0. The third kappa shape index (κ3) is 10.2. The SMILES string of the molecule is CC(C)(C)OC(=O)N[C@H]1CCN(C2CC2)C1.CC(C)(C)OC(=O)N[C@H]1CCNC1. The third-order valence-electron chi connectivity index (χ3n) is 4.78. The van der Waals surface area contributed by atoms with E-state index in [4.69, 9.17) is 9.47 Å². The van der Waals surface area contributed by atoms with Gasteiger partial charge in [0.2, 0.25) is 0 Å². The highest BCUT2D eigenvalue weighted by Gasteiger charge is 2.35. The first kappa shape index (κ1) is 23.7. The van der Waals surface area contributed by atoms with Gasteiger partial charge in [-0.25, -0.2) is 9.59 Å². The van der Waals surface area contributed by atoms with E-state index in [-0.39, 0.29) is 24.3 Å². The summed E-state index contributed by atoms with van der Waals surface area (Å²) in [6, 6.07) is 1.30. The Labute approximate surface area is 175 Å². The zero-order valence-corrected chi connectivity index (χ0v) is 19.0. The molecule has 168 valence electrons. The second-order valence-corrected chi connectivity index (χ2v) is 10.2. The lowest BCUT2D eigenvalue weighted by molar-refractivity contribution is 0.0495. The molecule has 0 aromatic carbocycles. The maximum atomic E-state index is 11.6. The molecule has 0 unspecified atom stereocenters. The minimum absolute atomic E-state index is 0.231. The summed E-state index contributed by atoms with van der Waals surface area (Å²) in [4.78, 5) is 25.3. The average molecular weight is 413 g/mol. The fourth-order valence-corrected chi connectivity index (χ4v) is 3.40. The quantitative estimate of drug-likeness (QED) is 0.660. The molecule has 2 heterocycles. The van der Waals surface area contributed by atoms with Crippen LogP contribution in [0.3, 0.4) is 0 Å². The van der Waals surface area contributed by atoms with Crippen LogP contribution in [0.25, 0.3) is 0 Å². The van der Waals surface area contributed by atoms with Gasteiger partial charge in [-0.2, -0.15) is 0 Å². The molecular formula is C21H40N4O4. The molecule has 3 fully saturated rings. The molecule has 8 heteroatoms. The van der Waals surface area contributed by atoms with Crippen molar-refractivity contribution in [2.45, 2.75) is 96.6 Å². The van der Waals surface area contributed by atoms with Crippen LogP contribution < -0.4 is 16.0 Å². The number of hydrogen-bond donors (Lipinski definition) is 3. The van der Waals surface area contributed by atoms with Crippen molar-refractivity contribution in [3.8, 4) is 0 Å². The smallest absolute Gasteiger partial charge is 0.407 e. The monoisotopic (exact) mass is 412 g/mol. The van der Waals surface area contributed by atoms with Crippen molar-refractivity contribution in [2.24, 2.45) is 0 Å². The number of rotatable bonds is 3. The van der Waals surface area contributed by atoms with E-state index in [0.29, 0.717) is 0 Å². The van der Waals surface area contributed by atoms with E-state index in [9.17, 15) is 9.59 Å². The molecule has 2 amide bonds. The topological polar surface area (TPSA) is 91.9 Å². The van der Waals surface area contributed by atoms with Gasteiger partial charge in [0.05, 0.1) is 0 Å². The molecule has 2 aliphatic heterocycles. The molecule has 3 rings (SSSR count). The number of alkyl carbamates (subject to hydrolysis) is 2. The molecule has 1 saturated carbocycles. The Morgan fingerprint density at radius 1 is 0.862 bits per heavy atom. The Morgan fingerprint density at radius 3 is 1.86 bits per heavy atom. The molecule has 0 spiro atoms. The number of carbonyl (C=O) groups is 2. The van der Waals surface area contributed by atoms with E-state index in [2.05, 4.69) is 20.9 Å². The largest absolute Gasteiger partial charge is 0.444 e. The number of likely N-dealkylation sites (tertiary alicyclic amines) is 1. The lowest BCUT2D eigenvalue weighted by atomic mass is 10.2. The number of nitrogens with zero attached hydrogens (tertiary/aromatic N) is 1. The van der Waals surface area contributed by atoms with Crippen LogP contribution in [0.2, 0.25) is 0 Å². The highest BCUT2D eigenvalue weighted by molar-refractivity contribution is 5.68. The van der Waals surface area contributed by atoms with Crippen LogP contribution in [0, 0.1) is 0 Å². The van der Waals surface area contributed by atoms with Crippen LogP contribution in [-0.2, 0) is 9.47 Å². The van der Waals surface area contributed by atoms with Gasteiger partial charge in [0.25, 0.3) is 0 Å². The van der Waals surface area contributed by atoms with Crippen molar-refractivity contribution in [3.05, 3.63) is 0 Å². The number of ether oxygens (including phenoxy) is 2. The van der Waals surface area contributed by atoms with E-state index in [1.54, 1.807) is 0 Å². The van der Waals surface area contributed by atoms with Gasteiger partial charge < -0.3 is 25.4 Å². The highest BCUT2D eigenvalue weighted by Crippen LogP contribution is 2.29. The second-order valence-electron chi connectivity index (χ2n) is 10.2. The van der Waals surface area contributed by atoms with Crippen molar-refractivity contribution in [1.29, 1.82) is 0 Å². The average Bonchev–Trinajstić information content (AvgIpc) is 3.06. The second kappa shape index (κ2) is 9.98. The van der Waals surface area contributed by atoms with E-state index in [0.717, 1.165) is 45.1 Å². The lowest BCUT2D eigenvalue weighted by Gasteiger charge is -2.22. The Hall–Kier alpha value is -1.54. The van der Waals surface area contributed by atoms with Gasteiger partial charge >= 0.3 is 12.2 Å². The molecule has 0 aromatic rings. The first-order chi connectivity index (χ1) is 13.4. The van der Waals surface area contributed by atoms with Crippen LogP contribution in [-0.4, -0.2) is 72.6 Å². The number of hydrogen-bond acceptors (Lipinski definition) is 6. The zero-order chi connectivity index (χ0) is 21.7. The van der Waals surface area contributed by atoms with Crippen LogP contribution in [0.5, 0.6) is 0 Å². The standard InChI is InChI=1S/C12H22N2O2.C9H18N2O2/c1-12(2,3)16-11(15)13-9-6-7-14(8-9)10-4-5-10;1-9(2,3)13-8(12)11-7-4-5-10-6-7/h9-10H,4-8H2,1-3H3,(H,13,15);7,10H,4-6H2,1-3H3,(H,11,12)/t9-;7-/m00/s1. The Morgan fingerprint density at radius 2 is 1.41 bits per heavy atom. The van der Waals surface area contributed by atoms with Crippen LogP contribution in [0.4, 0.5) is 9.59 Å². The summed E-state index contributed by atoms with van der Waals surface area (Å²) < 4.78 is 10.4. The number of carbonyl (C=O) groups excluding carboxylic acids is 2. The van der Waals surface area contributed by atoms with E-state index < -0.39 is 11.2 Å². The van der Waals surface area contributed by atoms with E-state index in [1.165, 1.54) is 12.8 Å². The highest BCUT2D eigenvalue weighted by atomic mass is 16.6. The van der Waals surface area contributed by atoms with Gasteiger partial charge in [-0.3, -0.25) is 4.90 Å².